The first kappa shape index (κ1) is 13.8. The lowest BCUT2D eigenvalue weighted by Gasteiger charge is -2.31. The van der Waals surface area contributed by atoms with E-state index in [0.717, 1.165) is 31.7 Å². The fourth-order valence-electron chi connectivity index (χ4n) is 1.99. The van der Waals surface area contributed by atoms with E-state index in [1.165, 1.54) is 5.69 Å². The van der Waals surface area contributed by atoms with Crippen LogP contribution in [0.4, 0.5) is 11.4 Å². The van der Waals surface area contributed by atoms with E-state index in [1.54, 1.807) is 7.11 Å². The number of nitrogen functional groups attached to an aromatic ring is 1. The minimum Gasteiger partial charge on any atom is -0.399 e. The average Bonchev–Trinajstić information content (AvgIpc) is 2.33. The Morgan fingerprint density at radius 2 is 2.18 bits per heavy atom. The number of hydrogen-bond donors (Lipinski definition) is 1. The Kier molecular flexibility index (Phi) is 5.84. The summed E-state index contributed by atoms with van der Waals surface area (Å²) in [5.74, 6) is 0. The zero-order valence-corrected chi connectivity index (χ0v) is 11.1. The largest absolute Gasteiger partial charge is 0.399 e. The fourth-order valence-corrected chi connectivity index (χ4v) is 1.99. The van der Waals surface area contributed by atoms with E-state index < -0.39 is 0 Å². The molecule has 2 N–H and O–H groups in total. The lowest BCUT2D eigenvalue weighted by Crippen LogP contribution is -2.34. The summed E-state index contributed by atoms with van der Waals surface area (Å²) in [6, 6.07) is 8.56. The molecule has 0 aliphatic carbocycles. The summed E-state index contributed by atoms with van der Waals surface area (Å²) in [6.07, 6.45) is 2.16. The van der Waals surface area contributed by atoms with Crippen LogP contribution in [-0.2, 0) is 4.74 Å². The minimum atomic E-state index is 0.469. The van der Waals surface area contributed by atoms with Gasteiger partial charge in [-0.3, -0.25) is 0 Å². The van der Waals surface area contributed by atoms with Crippen LogP contribution < -0.4 is 10.6 Å². The quantitative estimate of drug-likeness (QED) is 0.740. The molecule has 17 heavy (non-hydrogen) atoms. The van der Waals surface area contributed by atoms with Gasteiger partial charge >= 0.3 is 0 Å². The number of nitrogens with zero attached hydrogens (tertiary/aromatic N) is 1. The van der Waals surface area contributed by atoms with Crippen molar-refractivity contribution in [3.63, 3.8) is 0 Å². The normalized spacial score (nSPS) is 12.4. The molecule has 0 aliphatic heterocycles. The van der Waals surface area contributed by atoms with Gasteiger partial charge in [-0.1, -0.05) is 13.0 Å². The smallest absolute Gasteiger partial charge is 0.0481 e. The molecule has 0 saturated carbocycles. The Hall–Kier alpha value is -1.22. The van der Waals surface area contributed by atoms with Gasteiger partial charge in [0.25, 0.3) is 0 Å². The molecule has 0 heterocycles. The highest BCUT2D eigenvalue weighted by Crippen LogP contribution is 2.21. The summed E-state index contributed by atoms with van der Waals surface area (Å²) in [5.41, 5.74) is 7.87. The van der Waals surface area contributed by atoms with Crippen LogP contribution in [0.1, 0.15) is 26.7 Å². The second-order valence-corrected chi connectivity index (χ2v) is 4.42. The van der Waals surface area contributed by atoms with Crippen LogP contribution >= 0.6 is 0 Å². The fraction of sp³-hybridized carbons (Fsp3) is 0.571. The van der Waals surface area contributed by atoms with Crippen LogP contribution in [-0.4, -0.2) is 26.3 Å². The van der Waals surface area contributed by atoms with E-state index >= 15 is 0 Å². The highest BCUT2D eigenvalue weighted by atomic mass is 16.5. The Morgan fingerprint density at radius 3 is 2.76 bits per heavy atom. The summed E-state index contributed by atoms with van der Waals surface area (Å²) in [6.45, 7) is 6.28. The zero-order chi connectivity index (χ0) is 12.7. The molecule has 96 valence electrons. The molecule has 0 aromatic heterocycles. The van der Waals surface area contributed by atoms with E-state index in [-0.39, 0.29) is 0 Å². The maximum atomic E-state index is 5.84. The van der Waals surface area contributed by atoms with E-state index in [4.69, 9.17) is 10.5 Å². The van der Waals surface area contributed by atoms with Crippen LogP contribution in [0.15, 0.2) is 24.3 Å². The molecule has 1 aromatic rings. The Bertz CT molecular complexity index is 328. The van der Waals surface area contributed by atoms with E-state index in [2.05, 4.69) is 24.8 Å². The molecule has 0 fully saturated rings. The lowest BCUT2D eigenvalue weighted by atomic mass is 10.1. The highest BCUT2D eigenvalue weighted by Gasteiger charge is 2.13. The SMILES string of the molecule is CCCN(c1cccc(N)c1)C(C)CCOC. The van der Waals surface area contributed by atoms with Gasteiger partial charge in [0.15, 0.2) is 0 Å². The monoisotopic (exact) mass is 236 g/mol. The van der Waals surface area contributed by atoms with Crippen LogP contribution in [0, 0.1) is 0 Å². The molecule has 0 spiro atoms. The predicted molar refractivity (Wildman–Crippen MR) is 74.4 cm³/mol. The summed E-state index contributed by atoms with van der Waals surface area (Å²) >= 11 is 0. The maximum absolute atomic E-state index is 5.84. The number of rotatable bonds is 7. The van der Waals surface area contributed by atoms with Gasteiger partial charge in [-0.25, -0.2) is 0 Å². The molecule has 0 amide bonds. The first-order valence-electron chi connectivity index (χ1n) is 6.30. The molecule has 1 rings (SSSR count). The van der Waals surface area contributed by atoms with E-state index in [9.17, 15) is 0 Å². The molecule has 3 nitrogen and oxygen atoms in total. The molecule has 0 saturated heterocycles. The summed E-state index contributed by atoms with van der Waals surface area (Å²) in [5, 5.41) is 0. The first-order chi connectivity index (χ1) is 8.19. The molecule has 0 bridgehead atoms. The number of benzene rings is 1. The van der Waals surface area contributed by atoms with Gasteiger partial charge in [0, 0.05) is 37.7 Å². The van der Waals surface area contributed by atoms with Crippen LogP contribution in [0.25, 0.3) is 0 Å². The van der Waals surface area contributed by atoms with Crippen molar-refractivity contribution in [3.05, 3.63) is 24.3 Å². The van der Waals surface area contributed by atoms with Gasteiger partial charge in [0.1, 0.15) is 0 Å². The molecule has 1 unspecified atom stereocenters. The first-order valence-corrected chi connectivity index (χ1v) is 6.30. The van der Waals surface area contributed by atoms with Gasteiger partial charge in [0.2, 0.25) is 0 Å². The van der Waals surface area contributed by atoms with Gasteiger partial charge in [0.05, 0.1) is 0 Å². The molecule has 1 atom stereocenters. The Morgan fingerprint density at radius 1 is 1.41 bits per heavy atom. The molecule has 1 aromatic carbocycles. The molecule has 0 aliphatic rings. The van der Waals surface area contributed by atoms with Gasteiger partial charge in [-0.05, 0) is 38.0 Å². The summed E-state index contributed by atoms with van der Waals surface area (Å²) in [7, 11) is 1.75. The lowest BCUT2D eigenvalue weighted by molar-refractivity contribution is 0.188. The molecule has 0 radical (unpaired) electrons. The van der Waals surface area contributed by atoms with Crippen molar-refractivity contribution in [2.75, 3.05) is 30.9 Å². The van der Waals surface area contributed by atoms with Crippen LogP contribution in [0.5, 0.6) is 0 Å². The number of anilines is 2. The number of ether oxygens (including phenoxy) is 1. The van der Waals surface area contributed by atoms with E-state index in [0.29, 0.717) is 6.04 Å². The minimum absolute atomic E-state index is 0.469. The van der Waals surface area contributed by atoms with Crippen molar-refractivity contribution in [3.8, 4) is 0 Å². The van der Waals surface area contributed by atoms with Crippen LogP contribution in [0.2, 0.25) is 0 Å². The van der Waals surface area contributed by atoms with E-state index in [1.807, 2.05) is 18.2 Å². The average molecular weight is 236 g/mol. The second-order valence-electron chi connectivity index (χ2n) is 4.42. The highest BCUT2D eigenvalue weighted by molar-refractivity contribution is 5.56. The molecular formula is C14H24N2O. The summed E-state index contributed by atoms with van der Waals surface area (Å²) in [4.78, 5) is 2.40. The Labute approximate surface area is 105 Å². The predicted octanol–water partition coefficient (Wildman–Crippen LogP) is 2.91. The third-order valence-electron chi connectivity index (χ3n) is 2.94. The molecule has 3 heteroatoms. The third-order valence-corrected chi connectivity index (χ3v) is 2.94. The third kappa shape index (κ3) is 4.27. The van der Waals surface area contributed by atoms with Gasteiger partial charge < -0.3 is 15.4 Å². The molecular weight excluding hydrogens is 212 g/mol. The van der Waals surface area contributed by atoms with Crippen molar-refractivity contribution in [2.45, 2.75) is 32.7 Å². The van der Waals surface area contributed by atoms with Crippen molar-refractivity contribution in [2.24, 2.45) is 0 Å². The van der Waals surface area contributed by atoms with Crippen molar-refractivity contribution in [1.82, 2.24) is 0 Å². The summed E-state index contributed by atoms with van der Waals surface area (Å²) < 4.78 is 5.15. The van der Waals surface area contributed by atoms with Crippen LogP contribution in [0.3, 0.4) is 0 Å². The number of methoxy groups -OCH3 is 1. The topological polar surface area (TPSA) is 38.5 Å². The number of hydrogen-bond acceptors (Lipinski definition) is 3. The number of nitrogens with two attached hydrogens (primary N) is 1. The Balaban J connectivity index is 2.77. The van der Waals surface area contributed by atoms with Crippen molar-refractivity contribution >= 4 is 11.4 Å². The van der Waals surface area contributed by atoms with Crippen molar-refractivity contribution < 1.29 is 4.74 Å². The second kappa shape index (κ2) is 7.17. The van der Waals surface area contributed by atoms with Gasteiger partial charge in [-0.2, -0.15) is 0 Å². The van der Waals surface area contributed by atoms with Crippen molar-refractivity contribution in [1.29, 1.82) is 0 Å². The zero-order valence-electron chi connectivity index (χ0n) is 11.1. The standard InChI is InChI=1S/C14H24N2O/c1-4-9-16(12(2)8-10-17-3)14-7-5-6-13(15)11-14/h5-7,11-12H,4,8-10,15H2,1-3H3. The maximum Gasteiger partial charge on any atom is 0.0481 e. The van der Waals surface area contributed by atoms with Gasteiger partial charge in [-0.15, -0.1) is 0 Å².